The number of hydrogen-bond donors (Lipinski definition) is 3. The van der Waals surface area contributed by atoms with Gasteiger partial charge in [0.25, 0.3) is 0 Å². The molecule has 0 bridgehead atoms. The van der Waals surface area contributed by atoms with Crippen LogP contribution in [0.15, 0.2) is 48.5 Å². The third kappa shape index (κ3) is 3.24. The molecule has 2 aromatic carbocycles. The molecule has 3 heterocycles. The molecule has 2 aromatic rings. The minimum Gasteiger partial charge on any atom is -0.481 e. The summed E-state index contributed by atoms with van der Waals surface area (Å²) in [6, 6.07) is 13.9. The SMILES string of the molecule is CCCCc1ccc(N2C(=O)[C@H]3[C@H](CCC(=O)O)N[C@]4(C(=O)Nc5ccccc54)[C@@H]3C2=O)cc1. The van der Waals surface area contributed by atoms with E-state index in [0.717, 1.165) is 24.8 Å². The third-order valence-electron chi connectivity index (χ3n) is 7.31. The smallest absolute Gasteiger partial charge is 0.303 e. The number of carboxylic acids is 1. The van der Waals surface area contributed by atoms with Gasteiger partial charge in [-0.2, -0.15) is 0 Å². The van der Waals surface area contributed by atoms with Gasteiger partial charge in [-0.05, 0) is 43.0 Å². The lowest BCUT2D eigenvalue weighted by Crippen LogP contribution is -2.53. The van der Waals surface area contributed by atoms with Crippen molar-refractivity contribution < 1.29 is 24.3 Å². The summed E-state index contributed by atoms with van der Waals surface area (Å²) in [6.07, 6.45) is 3.01. The number of carbonyl (C=O) groups excluding carboxylic acids is 3. The number of rotatable bonds is 7. The summed E-state index contributed by atoms with van der Waals surface area (Å²) < 4.78 is 0. The van der Waals surface area contributed by atoms with Crippen molar-refractivity contribution >= 4 is 35.1 Å². The molecule has 5 rings (SSSR count). The predicted octanol–water partition coefficient (Wildman–Crippen LogP) is 2.82. The first-order valence-corrected chi connectivity index (χ1v) is 11.8. The highest BCUT2D eigenvalue weighted by Gasteiger charge is 2.70. The van der Waals surface area contributed by atoms with Crippen LogP contribution in [0.2, 0.25) is 0 Å². The van der Waals surface area contributed by atoms with Gasteiger partial charge in [-0.1, -0.05) is 43.7 Å². The zero-order valence-electron chi connectivity index (χ0n) is 18.9. The van der Waals surface area contributed by atoms with Crippen LogP contribution in [0.5, 0.6) is 0 Å². The van der Waals surface area contributed by atoms with Gasteiger partial charge < -0.3 is 10.4 Å². The average molecular weight is 462 g/mol. The molecular formula is C26H27N3O5. The fourth-order valence-electron chi connectivity index (χ4n) is 5.73. The molecular weight excluding hydrogens is 434 g/mol. The molecule has 0 saturated carbocycles. The molecule has 0 radical (unpaired) electrons. The Hall–Kier alpha value is -3.52. The summed E-state index contributed by atoms with van der Waals surface area (Å²) in [5, 5.41) is 15.3. The molecule has 3 aliphatic heterocycles. The molecule has 8 heteroatoms. The van der Waals surface area contributed by atoms with Gasteiger partial charge in [-0.3, -0.25) is 24.5 Å². The topological polar surface area (TPSA) is 116 Å². The molecule has 0 aromatic heterocycles. The average Bonchev–Trinajstić information content (AvgIpc) is 3.41. The van der Waals surface area contributed by atoms with Gasteiger partial charge in [0.05, 0.1) is 17.5 Å². The van der Waals surface area contributed by atoms with Crippen molar-refractivity contribution in [1.29, 1.82) is 0 Å². The van der Waals surface area contributed by atoms with Gasteiger partial charge >= 0.3 is 5.97 Å². The maximum Gasteiger partial charge on any atom is 0.303 e. The number of benzene rings is 2. The van der Waals surface area contributed by atoms with Gasteiger partial charge in [-0.25, -0.2) is 4.90 Å². The molecule has 3 amide bonds. The number of anilines is 2. The van der Waals surface area contributed by atoms with Crippen LogP contribution in [0.1, 0.15) is 43.7 Å². The van der Waals surface area contributed by atoms with Crippen molar-refractivity contribution in [3.8, 4) is 0 Å². The Morgan fingerprint density at radius 1 is 1.06 bits per heavy atom. The molecule has 3 N–H and O–H groups in total. The van der Waals surface area contributed by atoms with Crippen LogP contribution in [0.3, 0.4) is 0 Å². The second kappa shape index (κ2) is 8.36. The van der Waals surface area contributed by atoms with E-state index in [-0.39, 0.29) is 18.7 Å². The van der Waals surface area contributed by atoms with Crippen molar-refractivity contribution in [3.05, 3.63) is 59.7 Å². The fourth-order valence-corrected chi connectivity index (χ4v) is 5.73. The van der Waals surface area contributed by atoms with E-state index >= 15 is 0 Å². The van der Waals surface area contributed by atoms with Crippen molar-refractivity contribution in [3.63, 3.8) is 0 Å². The van der Waals surface area contributed by atoms with Crippen molar-refractivity contribution in [2.24, 2.45) is 11.8 Å². The number of nitrogens with zero attached hydrogens (tertiary/aromatic N) is 1. The lowest BCUT2D eigenvalue weighted by molar-refractivity contribution is -0.137. The van der Waals surface area contributed by atoms with E-state index < -0.39 is 41.2 Å². The van der Waals surface area contributed by atoms with Crippen LogP contribution >= 0.6 is 0 Å². The van der Waals surface area contributed by atoms with E-state index in [4.69, 9.17) is 0 Å². The van der Waals surface area contributed by atoms with Crippen LogP contribution < -0.4 is 15.5 Å². The maximum absolute atomic E-state index is 13.8. The lowest BCUT2D eigenvalue weighted by atomic mass is 9.76. The van der Waals surface area contributed by atoms with E-state index in [0.29, 0.717) is 16.9 Å². The highest BCUT2D eigenvalue weighted by atomic mass is 16.4. The van der Waals surface area contributed by atoms with E-state index in [1.54, 1.807) is 36.4 Å². The minimum absolute atomic E-state index is 0.135. The van der Waals surface area contributed by atoms with E-state index in [9.17, 15) is 24.3 Å². The lowest BCUT2D eigenvalue weighted by Gasteiger charge is -2.29. The Morgan fingerprint density at radius 2 is 1.79 bits per heavy atom. The fraction of sp³-hybridized carbons (Fsp3) is 0.385. The van der Waals surface area contributed by atoms with Crippen molar-refractivity contribution in [2.75, 3.05) is 10.2 Å². The Labute approximate surface area is 197 Å². The number of carboxylic acid groups (broad SMARTS) is 1. The first kappa shape index (κ1) is 22.3. The third-order valence-corrected chi connectivity index (χ3v) is 7.31. The van der Waals surface area contributed by atoms with Crippen LogP contribution in [0.4, 0.5) is 11.4 Å². The Bertz CT molecular complexity index is 1180. The molecule has 1 spiro atoms. The summed E-state index contributed by atoms with van der Waals surface area (Å²) in [4.78, 5) is 53.3. The number of para-hydroxylation sites is 1. The molecule has 4 atom stereocenters. The normalized spacial score (nSPS) is 27.3. The molecule has 0 unspecified atom stereocenters. The molecule has 0 aliphatic carbocycles. The predicted molar refractivity (Wildman–Crippen MR) is 125 cm³/mol. The van der Waals surface area contributed by atoms with Gasteiger partial charge in [0, 0.05) is 23.7 Å². The number of hydrogen-bond acceptors (Lipinski definition) is 5. The number of nitrogens with one attached hydrogen (secondary N) is 2. The quantitative estimate of drug-likeness (QED) is 0.546. The second-order valence-electron chi connectivity index (χ2n) is 9.28. The molecule has 176 valence electrons. The van der Waals surface area contributed by atoms with Gasteiger partial charge in [0.1, 0.15) is 5.54 Å². The highest BCUT2D eigenvalue weighted by molar-refractivity contribution is 6.25. The Morgan fingerprint density at radius 3 is 2.50 bits per heavy atom. The van der Waals surface area contributed by atoms with Crippen LogP contribution in [0.25, 0.3) is 0 Å². The van der Waals surface area contributed by atoms with E-state index in [1.807, 2.05) is 12.1 Å². The standard InChI is InChI=1S/C26H27N3O5/c1-2-3-6-15-9-11-16(12-10-15)29-23(32)21-19(13-14-20(30)31)28-26(22(21)24(29)33)17-7-4-5-8-18(17)27-25(26)34/h4-5,7-12,19,21-22,28H,2-3,6,13-14H2,1H3,(H,27,34)(H,30,31)/t19-,21-,22-,26-/m0/s1. The highest BCUT2D eigenvalue weighted by Crippen LogP contribution is 2.54. The molecule has 2 fully saturated rings. The Balaban J connectivity index is 1.55. The summed E-state index contributed by atoms with van der Waals surface area (Å²) in [5.41, 5.74) is 1.41. The number of carbonyl (C=O) groups is 4. The monoisotopic (exact) mass is 461 g/mol. The number of unbranched alkanes of at least 4 members (excludes halogenated alkanes) is 1. The number of aliphatic carboxylic acids is 1. The van der Waals surface area contributed by atoms with Gasteiger partial charge in [0.2, 0.25) is 17.7 Å². The van der Waals surface area contributed by atoms with Crippen molar-refractivity contribution in [1.82, 2.24) is 5.32 Å². The van der Waals surface area contributed by atoms with E-state index in [2.05, 4.69) is 17.6 Å². The van der Waals surface area contributed by atoms with Gasteiger partial charge in [0.15, 0.2) is 0 Å². The summed E-state index contributed by atoms with van der Waals surface area (Å²) in [5.74, 6) is -4.00. The number of amides is 3. The zero-order valence-corrected chi connectivity index (χ0v) is 18.9. The molecule has 8 nitrogen and oxygen atoms in total. The number of imide groups is 1. The van der Waals surface area contributed by atoms with Crippen LogP contribution in [-0.4, -0.2) is 34.8 Å². The van der Waals surface area contributed by atoms with Crippen molar-refractivity contribution in [2.45, 2.75) is 50.6 Å². The Kier molecular flexibility index (Phi) is 5.48. The molecule has 3 aliphatic rings. The first-order chi connectivity index (χ1) is 16.4. The first-order valence-electron chi connectivity index (χ1n) is 11.8. The molecule has 34 heavy (non-hydrogen) atoms. The van der Waals surface area contributed by atoms with Gasteiger partial charge in [-0.15, -0.1) is 0 Å². The largest absolute Gasteiger partial charge is 0.481 e. The molecule has 2 saturated heterocycles. The number of fused-ring (bicyclic) bond motifs is 4. The summed E-state index contributed by atoms with van der Waals surface area (Å²) in [6.45, 7) is 2.12. The van der Waals surface area contributed by atoms with Crippen LogP contribution in [-0.2, 0) is 31.1 Å². The number of aryl methyl sites for hydroxylation is 1. The van der Waals surface area contributed by atoms with Crippen LogP contribution in [0, 0.1) is 11.8 Å². The summed E-state index contributed by atoms with van der Waals surface area (Å²) >= 11 is 0. The minimum atomic E-state index is -1.41. The zero-order chi connectivity index (χ0) is 24.0. The maximum atomic E-state index is 13.8. The summed E-state index contributed by atoms with van der Waals surface area (Å²) in [7, 11) is 0. The van der Waals surface area contributed by atoms with E-state index in [1.165, 1.54) is 4.90 Å². The second-order valence-corrected chi connectivity index (χ2v) is 9.28.